The summed E-state index contributed by atoms with van der Waals surface area (Å²) in [6, 6.07) is 14.1. The maximum Gasteiger partial charge on any atom is 0.209 e. The number of rotatable bonds is 4. The number of methoxy groups -OCH3 is 1. The minimum Gasteiger partial charge on any atom is -0.497 e. The monoisotopic (exact) mass is 380 g/mol. The van der Waals surface area contributed by atoms with E-state index in [0.29, 0.717) is 0 Å². The van der Waals surface area contributed by atoms with Gasteiger partial charge in [0.1, 0.15) is 11.6 Å². The quantitative estimate of drug-likeness (QED) is 0.707. The van der Waals surface area contributed by atoms with E-state index in [2.05, 4.69) is 28.0 Å². The summed E-state index contributed by atoms with van der Waals surface area (Å²) in [6.07, 6.45) is 5.07. The molecule has 1 fully saturated rings. The Morgan fingerprint density at radius 1 is 1.21 bits per heavy atom. The van der Waals surface area contributed by atoms with Gasteiger partial charge in [0.15, 0.2) is 0 Å². The topological polar surface area (TPSA) is 58.9 Å². The molecule has 2 aromatic heterocycles. The maximum absolute atomic E-state index is 11.2. The average Bonchev–Trinajstić information content (AvgIpc) is 3.14. The van der Waals surface area contributed by atoms with Crippen LogP contribution in [0.5, 0.6) is 5.75 Å². The fourth-order valence-electron chi connectivity index (χ4n) is 3.65. The first kappa shape index (κ1) is 19.9. The molecule has 28 heavy (non-hydrogen) atoms. The number of nitrogens with zero attached hydrogens (tertiary/aromatic N) is 3. The number of hydrogen-bond acceptors (Lipinski definition) is 4. The minimum absolute atomic E-state index is 0.258. The van der Waals surface area contributed by atoms with Crippen molar-refractivity contribution in [3.63, 3.8) is 0 Å². The van der Waals surface area contributed by atoms with E-state index in [1.807, 2.05) is 49.3 Å². The van der Waals surface area contributed by atoms with Crippen molar-refractivity contribution in [3.05, 3.63) is 54.5 Å². The molecule has 0 radical (unpaired) electrons. The van der Waals surface area contributed by atoms with Crippen LogP contribution in [0.3, 0.4) is 0 Å². The normalized spacial score (nSPS) is 16.4. The molecule has 1 aliphatic heterocycles. The zero-order valence-electron chi connectivity index (χ0n) is 16.8. The Balaban J connectivity index is 0.000000706. The largest absolute Gasteiger partial charge is 0.497 e. The third-order valence-corrected chi connectivity index (χ3v) is 4.89. The fraction of sp³-hybridized carbons (Fsp3) is 0.364. The maximum atomic E-state index is 11.2. The molecular formula is C22H28N4O2. The second kappa shape index (κ2) is 9.37. The van der Waals surface area contributed by atoms with Crippen molar-refractivity contribution in [1.29, 1.82) is 0 Å². The first-order chi connectivity index (χ1) is 13.7. The number of fused-ring (bicyclic) bond motifs is 1. The second-order valence-electron chi connectivity index (χ2n) is 6.95. The standard InChI is InChI=1S/C20H21N3O2.C2H7N/c1-25-17-8-4-6-15(12-17)19-18-9-2-3-11-23(18)20(21-19)16-7-5-10-22(13-16)14-24;1-3-2/h2-4,6,8-9,11-12,14,16H,5,7,10,13H2,1H3;3H,1-2H3/t16-;/m0./s1. The Morgan fingerprint density at radius 3 is 2.79 bits per heavy atom. The van der Waals surface area contributed by atoms with Crippen LogP contribution in [0.1, 0.15) is 24.6 Å². The molecule has 4 rings (SSSR count). The van der Waals surface area contributed by atoms with Gasteiger partial charge in [-0.3, -0.25) is 4.79 Å². The summed E-state index contributed by atoms with van der Waals surface area (Å²) in [5.74, 6) is 2.11. The molecule has 148 valence electrons. The van der Waals surface area contributed by atoms with Gasteiger partial charge in [-0.25, -0.2) is 4.98 Å². The summed E-state index contributed by atoms with van der Waals surface area (Å²) in [5, 5.41) is 2.75. The van der Waals surface area contributed by atoms with Crippen LogP contribution in [-0.2, 0) is 4.79 Å². The van der Waals surface area contributed by atoms with Crippen LogP contribution in [0.15, 0.2) is 48.7 Å². The van der Waals surface area contributed by atoms with Crippen molar-refractivity contribution >= 4 is 11.9 Å². The zero-order chi connectivity index (χ0) is 19.9. The van der Waals surface area contributed by atoms with Crippen LogP contribution in [-0.4, -0.2) is 55.0 Å². The van der Waals surface area contributed by atoms with Gasteiger partial charge in [-0.2, -0.15) is 0 Å². The van der Waals surface area contributed by atoms with Crippen LogP contribution in [0, 0.1) is 0 Å². The number of imidazole rings is 1. The van der Waals surface area contributed by atoms with Crippen LogP contribution in [0.4, 0.5) is 0 Å². The molecule has 1 atom stereocenters. The SMILES string of the molecule is CNC.COc1cccc(-c2nc([C@H]3CCCN(C=O)C3)n3ccccc23)c1. The molecule has 3 heterocycles. The Bertz CT molecular complexity index is 922. The minimum atomic E-state index is 0.258. The molecule has 0 unspecified atom stereocenters. The lowest BCUT2D eigenvalue weighted by Crippen LogP contribution is -2.33. The van der Waals surface area contributed by atoms with E-state index in [0.717, 1.165) is 60.7 Å². The highest BCUT2D eigenvalue weighted by molar-refractivity contribution is 5.78. The Morgan fingerprint density at radius 2 is 2.04 bits per heavy atom. The number of hydrogen-bond donors (Lipinski definition) is 1. The van der Waals surface area contributed by atoms with Gasteiger partial charge in [0.05, 0.1) is 18.3 Å². The summed E-state index contributed by atoms with van der Waals surface area (Å²) in [5.41, 5.74) is 3.07. The van der Waals surface area contributed by atoms with Crippen LogP contribution in [0.2, 0.25) is 0 Å². The molecule has 1 saturated heterocycles. The van der Waals surface area contributed by atoms with Gasteiger partial charge in [-0.15, -0.1) is 0 Å². The summed E-state index contributed by atoms with van der Waals surface area (Å²) < 4.78 is 7.52. The van der Waals surface area contributed by atoms with E-state index in [1.54, 1.807) is 7.11 Å². The van der Waals surface area contributed by atoms with Gasteiger partial charge < -0.3 is 19.4 Å². The number of carbonyl (C=O) groups is 1. The third-order valence-electron chi connectivity index (χ3n) is 4.89. The predicted octanol–water partition coefficient (Wildman–Crippen LogP) is 3.18. The lowest BCUT2D eigenvalue weighted by Gasteiger charge is -2.29. The summed E-state index contributed by atoms with van der Waals surface area (Å²) in [6.45, 7) is 1.57. The number of benzene rings is 1. The van der Waals surface area contributed by atoms with Crippen LogP contribution >= 0.6 is 0 Å². The third kappa shape index (κ3) is 4.17. The Kier molecular flexibility index (Phi) is 6.66. The first-order valence-electron chi connectivity index (χ1n) is 9.61. The highest BCUT2D eigenvalue weighted by Crippen LogP contribution is 2.32. The van der Waals surface area contributed by atoms with Gasteiger partial charge in [0.2, 0.25) is 6.41 Å². The molecule has 1 aliphatic rings. The molecule has 0 spiro atoms. The Labute approximate surface area is 166 Å². The fourth-order valence-corrected chi connectivity index (χ4v) is 3.65. The Hall–Kier alpha value is -2.86. The smallest absolute Gasteiger partial charge is 0.209 e. The molecule has 0 saturated carbocycles. The first-order valence-corrected chi connectivity index (χ1v) is 9.61. The van der Waals surface area contributed by atoms with Gasteiger partial charge in [0, 0.05) is 30.8 Å². The summed E-state index contributed by atoms with van der Waals surface area (Å²) in [4.78, 5) is 18.0. The lowest BCUT2D eigenvalue weighted by molar-refractivity contribution is -0.119. The van der Waals surface area contributed by atoms with Crippen LogP contribution < -0.4 is 10.1 Å². The van der Waals surface area contributed by atoms with Crippen molar-refractivity contribution in [2.75, 3.05) is 34.3 Å². The number of ether oxygens (including phenoxy) is 1. The molecule has 0 bridgehead atoms. The van der Waals surface area contributed by atoms with Gasteiger partial charge in [-0.05, 0) is 51.2 Å². The molecule has 1 aromatic carbocycles. The van der Waals surface area contributed by atoms with E-state index >= 15 is 0 Å². The number of likely N-dealkylation sites (tertiary alicyclic amines) is 1. The van der Waals surface area contributed by atoms with Crippen molar-refractivity contribution in [3.8, 4) is 17.0 Å². The number of aromatic nitrogens is 2. The van der Waals surface area contributed by atoms with Crippen molar-refractivity contribution < 1.29 is 9.53 Å². The molecule has 1 N–H and O–H groups in total. The van der Waals surface area contributed by atoms with E-state index in [9.17, 15) is 4.79 Å². The van der Waals surface area contributed by atoms with Crippen molar-refractivity contribution in [2.24, 2.45) is 0 Å². The molecule has 6 nitrogen and oxygen atoms in total. The van der Waals surface area contributed by atoms with E-state index in [4.69, 9.17) is 9.72 Å². The van der Waals surface area contributed by atoms with Gasteiger partial charge in [0.25, 0.3) is 0 Å². The number of carbonyl (C=O) groups excluding carboxylic acids is 1. The number of nitrogens with one attached hydrogen (secondary N) is 1. The van der Waals surface area contributed by atoms with E-state index in [-0.39, 0.29) is 5.92 Å². The zero-order valence-corrected chi connectivity index (χ0v) is 16.8. The molecule has 6 heteroatoms. The second-order valence-corrected chi connectivity index (χ2v) is 6.95. The van der Waals surface area contributed by atoms with Gasteiger partial charge in [-0.1, -0.05) is 18.2 Å². The van der Waals surface area contributed by atoms with Crippen LogP contribution in [0.25, 0.3) is 16.8 Å². The molecular weight excluding hydrogens is 352 g/mol. The van der Waals surface area contributed by atoms with Crippen molar-refractivity contribution in [2.45, 2.75) is 18.8 Å². The number of piperidine rings is 1. The predicted molar refractivity (Wildman–Crippen MR) is 112 cm³/mol. The highest BCUT2D eigenvalue weighted by atomic mass is 16.5. The molecule has 1 amide bonds. The summed E-state index contributed by atoms with van der Waals surface area (Å²) in [7, 11) is 5.42. The van der Waals surface area contributed by atoms with Gasteiger partial charge >= 0.3 is 0 Å². The summed E-state index contributed by atoms with van der Waals surface area (Å²) >= 11 is 0. The molecule has 3 aromatic rings. The molecule has 0 aliphatic carbocycles. The highest BCUT2D eigenvalue weighted by Gasteiger charge is 2.25. The van der Waals surface area contributed by atoms with E-state index < -0.39 is 0 Å². The number of pyridine rings is 1. The number of amides is 1. The lowest BCUT2D eigenvalue weighted by atomic mass is 9.97. The van der Waals surface area contributed by atoms with E-state index in [1.165, 1.54) is 0 Å². The average molecular weight is 380 g/mol. The van der Waals surface area contributed by atoms with Crippen molar-refractivity contribution in [1.82, 2.24) is 19.6 Å².